The van der Waals surface area contributed by atoms with E-state index >= 15 is 0 Å². The molecule has 0 radical (unpaired) electrons. The summed E-state index contributed by atoms with van der Waals surface area (Å²) in [6.45, 7) is 3.79. The van der Waals surface area contributed by atoms with Crippen LogP contribution in [-0.2, 0) is 4.74 Å². The van der Waals surface area contributed by atoms with Crippen LogP contribution in [0.25, 0.3) is 0 Å². The fraction of sp³-hybridized carbons (Fsp3) is 0.615. The van der Waals surface area contributed by atoms with Crippen LogP contribution in [0.3, 0.4) is 0 Å². The van der Waals surface area contributed by atoms with Gasteiger partial charge >= 0.3 is 0 Å². The van der Waals surface area contributed by atoms with E-state index in [-0.39, 0.29) is 11.9 Å². The molecule has 1 saturated heterocycles. The minimum Gasteiger partial charge on any atom is -0.371 e. The van der Waals surface area contributed by atoms with Gasteiger partial charge in [0.1, 0.15) is 11.9 Å². The number of anilines is 1. The van der Waals surface area contributed by atoms with E-state index in [1.807, 2.05) is 12.1 Å². The maximum atomic E-state index is 8.84. The molecule has 2 aliphatic rings. The molecule has 5 heteroatoms. The van der Waals surface area contributed by atoms with Gasteiger partial charge in [-0.15, -0.1) is 0 Å². The highest BCUT2D eigenvalue weighted by molar-refractivity contribution is 5.40. The van der Waals surface area contributed by atoms with Crippen molar-refractivity contribution in [3.05, 3.63) is 18.1 Å². The first-order valence-electron chi connectivity index (χ1n) is 6.40. The second kappa shape index (κ2) is 4.54. The van der Waals surface area contributed by atoms with Crippen LogP contribution in [0.5, 0.6) is 0 Å². The number of hydrogen-bond donors (Lipinski definition) is 0. The lowest BCUT2D eigenvalue weighted by Crippen LogP contribution is -2.47. The second-order valence-corrected chi connectivity index (χ2v) is 5.08. The van der Waals surface area contributed by atoms with Crippen LogP contribution in [0.4, 0.5) is 5.82 Å². The van der Waals surface area contributed by atoms with Crippen LogP contribution < -0.4 is 4.90 Å². The van der Waals surface area contributed by atoms with Crippen LogP contribution in [0.2, 0.25) is 0 Å². The van der Waals surface area contributed by atoms with Gasteiger partial charge in [-0.1, -0.05) is 0 Å². The fourth-order valence-corrected chi connectivity index (χ4v) is 2.48. The molecule has 0 amide bonds. The van der Waals surface area contributed by atoms with Gasteiger partial charge in [-0.25, -0.2) is 9.97 Å². The van der Waals surface area contributed by atoms with Gasteiger partial charge < -0.3 is 9.64 Å². The minimum absolute atomic E-state index is 0.213. The first-order valence-corrected chi connectivity index (χ1v) is 6.40. The van der Waals surface area contributed by atoms with Crippen molar-refractivity contribution < 1.29 is 4.74 Å². The molecule has 2 heterocycles. The first kappa shape index (κ1) is 11.4. The van der Waals surface area contributed by atoms with Crippen molar-refractivity contribution in [1.29, 1.82) is 5.26 Å². The first-order chi connectivity index (χ1) is 8.76. The minimum atomic E-state index is 0.213. The maximum absolute atomic E-state index is 8.84. The Kier molecular flexibility index (Phi) is 2.88. The molecule has 1 aromatic heterocycles. The highest BCUT2D eigenvalue weighted by Gasteiger charge is 2.37. The van der Waals surface area contributed by atoms with E-state index in [2.05, 4.69) is 21.8 Å². The van der Waals surface area contributed by atoms with E-state index in [0.29, 0.717) is 12.0 Å². The third-order valence-corrected chi connectivity index (χ3v) is 3.50. The van der Waals surface area contributed by atoms with Crippen LogP contribution in [0.1, 0.15) is 25.6 Å². The topological polar surface area (TPSA) is 62.0 Å². The summed E-state index contributed by atoms with van der Waals surface area (Å²) in [6, 6.07) is 3.85. The van der Waals surface area contributed by atoms with Gasteiger partial charge in [0.15, 0.2) is 0 Å². The molecule has 1 aliphatic carbocycles. The summed E-state index contributed by atoms with van der Waals surface area (Å²) in [4.78, 5) is 10.4. The molecule has 2 unspecified atom stereocenters. The summed E-state index contributed by atoms with van der Waals surface area (Å²) in [5.74, 6) is 1.78. The Bertz CT molecular complexity index is 480. The van der Waals surface area contributed by atoms with Gasteiger partial charge in [0.2, 0.25) is 5.82 Å². The highest BCUT2D eigenvalue weighted by atomic mass is 16.5. The smallest absolute Gasteiger partial charge is 0.234 e. The standard InChI is InChI=1S/C13H16N4O/c1-9-7-17(8-11(18-9)10-2-3-10)13-4-5-15-12(6-14)16-13/h4-5,9-11H,2-3,7-8H2,1H3. The number of aromatic nitrogens is 2. The zero-order valence-electron chi connectivity index (χ0n) is 10.4. The van der Waals surface area contributed by atoms with Crippen molar-refractivity contribution >= 4 is 5.82 Å². The lowest BCUT2D eigenvalue weighted by Gasteiger charge is -2.37. The number of rotatable bonds is 2. The van der Waals surface area contributed by atoms with Crippen molar-refractivity contribution in [3.63, 3.8) is 0 Å². The molecule has 0 N–H and O–H groups in total. The third kappa shape index (κ3) is 2.29. The van der Waals surface area contributed by atoms with E-state index in [1.165, 1.54) is 12.8 Å². The van der Waals surface area contributed by atoms with Crippen LogP contribution in [-0.4, -0.2) is 35.3 Å². The van der Waals surface area contributed by atoms with Gasteiger partial charge in [0.05, 0.1) is 12.2 Å². The van der Waals surface area contributed by atoms with Gasteiger partial charge in [-0.3, -0.25) is 0 Å². The number of hydrogen-bond acceptors (Lipinski definition) is 5. The zero-order chi connectivity index (χ0) is 12.5. The highest BCUT2D eigenvalue weighted by Crippen LogP contribution is 2.37. The predicted molar refractivity (Wildman–Crippen MR) is 66.0 cm³/mol. The molecular weight excluding hydrogens is 228 g/mol. The molecule has 2 atom stereocenters. The second-order valence-electron chi connectivity index (χ2n) is 5.08. The molecule has 1 saturated carbocycles. The number of morpholine rings is 1. The Hall–Kier alpha value is -1.67. The largest absolute Gasteiger partial charge is 0.371 e. The summed E-state index contributed by atoms with van der Waals surface area (Å²) in [5.41, 5.74) is 0. The summed E-state index contributed by atoms with van der Waals surface area (Å²) >= 11 is 0. The molecule has 3 rings (SSSR count). The fourth-order valence-electron chi connectivity index (χ4n) is 2.48. The zero-order valence-corrected chi connectivity index (χ0v) is 10.4. The van der Waals surface area contributed by atoms with Crippen LogP contribution in [0.15, 0.2) is 12.3 Å². The Morgan fingerprint density at radius 3 is 3.00 bits per heavy atom. The van der Waals surface area contributed by atoms with E-state index in [1.54, 1.807) is 6.20 Å². The van der Waals surface area contributed by atoms with Gasteiger partial charge in [0.25, 0.3) is 0 Å². The molecule has 1 aliphatic heterocycles. The SMILES string of the molecule is CC1CN(c2ccnc(C#N)n2)CC(C2CC2)O1. The molecule has 2 fully saturated rings. The van der Waals surface area contributed by atoms with Gasteiger partial charge in [-0.2, -0.15) is 5.26 Å². The normalized spacial score (nSPS) is 27.9. The van der Waals surface area contributed by atoms with Crippen molar-refractivity contribution in [2.24, 2.45) is 5.92 Å². The summed E-state index contributed by atoms with van der Waals surface area (Å²) in [7, 11) is 0. The number of nitriles is 1. The summed E-state index contributed by atoms with van der Waals surface area (Å²) < 4.78 is 5.97. The maximum Gasteiger partial charge on any atom is 0.234 e. The Labute approximate surface area is 106 Å². The van der Waals surface area contributed by atoms with E-state index in [9.17, 15) is 0 Å². The molecule has 0 bridgehead atoms. The molecule has 0 spiro atoms. The van der Waals surface area contributed by atoms with Gasteiger partial charge in [0, 0.05) is 19.3 Å². The molecule has 1 aromatic rings. The lowest BCUT2D eigenvalue weighted by molar-refractivity contribution is -0.0273. The lowest BCUT2D eigenvalue weighted by atomic mass is 10.1. The van der Waals surface area contributed by atoms with Crippen molar-refractivity contribution in [2.45, 2.75) is 32.0 Å². The predicted octanol–water partition coefficient (Wildman–Crippen LogP) is 1.35. The monoisotopic (exact) mass is 244 g/mol. The quantitative estimate of drug-likeness (QED) is 0.786. The molecular formula is C13H16N4O. The van der Waals surface area contributed by atoms with Crippen LogP contribution in [0, 0.1) is 17.2 Å². The number of ether oxygens (including phenoxy) is 1. The van der Waals surface area contributed by atoms with E-state index < -0.39 is 0 Å². The Morgan fingerprint density at radius 2 is 2.28 bits per heavy atom. The van der Waals surface area contributed by atoms with Crippen molar-refractivity contribution in [2.75, 3.05) is 18.0 Å². The number of nitrogens with zero attached hydrogens (tertiary/aromatic N) is 4. The summed E-state index contributed by atoms with van der Waals surface area (Å²) in [5, 5.41) is 8.84. The molecule has 94 valence electrons. The Morgan fingerprint density at radius 1 is 1.44 bits per heavy atom. The van der Waals surface area contributed by atoms with Gasteiger partial charge in [-0.05, 0) is 31.7 Å². The molecule has 5 nitrogen and oxygen atoms in total. The van der Waals surface area contributed by atoms with Crippen LogP contribution >= 0.6 is 0 Å². The van der Waals surface area contributed by atoms with E-state index in [4.69, 9.17) is 10.00 Å². The summed E-state index contributed by atoms with van der Waals surface area (Å²) in [6.07, 6.45) is 4.73. The average Bonchev–Trinajstić information content (AvgIpc) is 3.22. The van der Waals surface area contributed by atoms with Crippen molar-refractivity contribution in [3.8, 4) is 6.07 Å². The van der Waals surface area contributed by atoms with E-state index in [0.717, 1.165) is 18.9 Å². The third-order valence-electron chi connectivity index (χ3n) is 3.50. The molecule has 18 heavy (non-hydrogen) atoms. The Balaban J connectivity index is 1.79. The average molecular weight is 244 g/mol. The molecule has 0 aromatic carbocycles. The van der Waals surface area contributed by atoms with Crippen molar-refractivity contribution in [1.82, 2.24) is 9.97 Å².